The molecule has 1 aromatic carbocycles. The Morgan fingerprint density at radius 1 is 1.06 bits per heavy atom. The Hall–Kier alpha value is -3.66. The molecule has 2 N–H and O–H groups in total. The van der Waals surface area contributed by atoms with Crippen LogP contribution < -0.4 is 0 Å². The summed E-state index contributed by atoms with van der Waals surface area (Å²) in [6.45, 7) is 10.0. The van der Waals surface area contributed by atoms with Gasteiger partial charge in [-0.15, -0.1) is 10.2 Å². The van der Waals surface area contributed by atoms with E-state index in [1.54, 1.807) is 19.2 Å². The summed E-state index contributed by atoms with van der Waals surface area (Å²) in [4.78, 5) is 13.5. The number of aliphatic hydroxyl groups is 1. The molecule has 0 unspecified atom stereocenters. The van der Waals surface area contributed by atoms with Crippen LogP contribution in [0.4, 0.5) is 8.78 Å². The van der Waals surface area contributed by atoms with Crippen molar-refractivity contribution in [3.05, 3.63) is 70.9 Å². The van der Waals surface area contributed by atoms with Crippen LogP contribution in [0.25, 0.3) is 22.9 Å². The number of nitrogens with one attached hydrogen (secondary N) is 1. The number of nitrogens with zero attached hydrogens (tertiary/aromatic N) is 6. The van der Waals surface area contributed by atoms with E-state index in [1.807, 2.05) is 6.07 Å². The molecule has 4 aromatic rings. The van der Waals surface area contributed by atoms with Crippen molar-refractivity contribution in [1.29, 1.82) is 0 Å². The highest BCUT2D eigenvalue weighted by molar-refractivity contribution is 5.63. The van der Waals surface area contributed by atoms with Crippen molar-refractivity contribution in [3.63, 3.8) is 0 Å². The Balaban J connectivity index is 1.67. The average Bonchev–Trinajstić information content (AvgIpc) is 3.40. The molecule has 0 amide bonds. The number of H-pyrrole nitrogens is 1. The van der Waals surface area contributed by atoms with E-state index in [-0.39, 0.29) is 28.4 Å². The molecule has 0 bridgehead atoms. The Kier molecular flexibility index (Phi) is 5.66. The average molecular weight is 492 g/mol. The summed E-state index contributed by atoms with van der Waals surface area (Å²) in [7, 11) is 0. The topological polar surface area (TPSA) is 113 Å². The van der Waals surface area contributed by atoms with Crippen molar-refractivity contribution in [2.45, 2.75) is 58.5 Å². The zero-order chi connectivity index (χ0) is 25.8. The fourth-order valence-electron chi connectivity index (χ4n) is 5.46. The summed E-state index contributed by atoms with van der Waals surface area (Å²) in [6.07, 6.45) is 1.63. The predicted octanol–water partition coefficient (Wildman–Crippen LogP) is 4.89. The van der Waals surface area contributed by atoms with Gasteiger partial charge in [-0.3, -0.25) is 5.10 Å². The molecule has 1 aliphatic rings. The van der Waals surface area contributed by atoms with Crippen LogP contribution in [0, 0.1) is 17.0 Å². The highest BCUT2D eigenvalue weighted by Gasteiger charge is 2.57. The molecule has 5 rings (SSSR count). The number of fused-ring (bicyclic) bond motifs is 1. The van der Waals surface area contributed by atoms with Crippen LogP contribution in [0.1, 0.15) is 75.8 Å². The van der Waals surface area contributed by atoms with Crippen LogP contribution in [0.15, 0.2) is 36.5 Å². The third-order valence-electron chi connectivity index (χ3n) is 7.73. The lowest BCUT2D eigenvalue weighted by molar-refractivity contribution is 0.189. The van der Waals surface area contributed by atoms with Gasteiger partial charge in [0, 0.05) is 6.20 Å². The molecule has 3 aromatic heterocycles. The standard InChI is InChI=1S/C26H27F2N7O/c1-6-15-14-12-18(20-16(27)8-7-9-17(20)28)32-33-21(14)26(5,25(15,3)4)19-10-11-29-23(30-19)24-31-22(13(2)36)34-35-24/h7-13,15,36H,6H2,1-5H3,(H,31,34,35)/t13-,15-,26-/m0/s1. The van der Waals surface area contributed by atoms with Crippen molar-refractivity contribution in [2.24, 2.45) is 5.41 Å². The molecule has 10 heteroatoms. The summed E-state index contributed by atoms with van der Waals surface area (Å²) in [5, 5.41) is 25.5. The first-order valence-electron chi connectivity index (χ1n) is 11.9. The zero-order valence-electron chi connectivity index (χ0n) is 20.7. The van der Waals surface area contributed by atoms with Crippen molar-refractivity contribution in [3.8, 4) is 22.9 Å². The van der Waals surface area contributed by atoms with Gasteiger partial charge in [-0.2, -0.15) is 5.10 Å². The van der Waals surface area contributed by atoms with Gasteiger partial charge < -0.3 is 5.11 Å². The lowest BCUT2D eigenvalue weighted by Crippen LogP contribution is -2.40. The van der Waals surface area contributed by atoms with E-state index in [4.69, 9.17) is 4.98 Å². The molecular formula is C26H27F2N7O. The van der Waals surface area contributed by atoms with Gasteiger partial charge in [-0.1, -0.05) is 26.8 Å². The largest absolute Gasteiger partial charge is 0.385 e. The summed E-state index contributed by atoms with van der Waals surface area (Å²) in [5.41, 5.74) is 1.23. The van der Waals surface area contributed by atoms with Crippen molar-refractivity contribution in [1.82, 2.24) is 35.3 Å². The molecule has 3 heterocycles. The minimum atomic E-state index is -0.804. The lowest BCUT2D eigenvalue weighted by atomic mass is 9.62. The molecular weight excluding hydrogens is 464 g/mol. The zero-order valence-corrected chi connectivity index (χ0v) is 20.7. The number of halogens is 2. The van der Waals surface area contributed by atoms with E-state index in [0.29, 0.717) is 23.0 Å². The minimum absolute atomic E-state index is 0.0327. The SMILES string of the molecule is CC[C@H]1c2cc(-c3c(F)cccc3F)nnc2[C@](C)(c2ccnc(-c3n[nH]c([C@H](C)O)n3)n2)C1(C)C. The maximum Gasteiger partial charge on any atom is 0.219 e. The fraction of sp³-hybridized carbons (Fsp3) is 0.385. The number of aliphatic hydroxyl groups excluding tert-OH is 1. The summed E-state index contributed by atoms with van der Waals surface area (Å²) < 4.78 is 29.1. The molecule has 8 nitrogen and oxygen atoms in total. The molecule has 0 saturated heterocycles. The Morgan fingerprint density at radius 2 is 1.78 bits per heavy atom. The first kappa shape index (κ1) is 24.1. The van der Waals surface area contributed by atoms with Crippen molar-refractivity contribution < 1.29 is 13.9 Å². The van der Waals surface area contributed by atoms with Crippen LogP contribution in [0.2, 0.25) is 0 Å². The molecule has 3 atom stereocenters. The van der Waals surface area contributed by atoms with Gasteiger partial charge in [0.2, 0.25) is 5.82 Å². The third-order valence-corrected chi connectivity index (χ3v) is 7.73. The second kappa shape index (κ2) is 8.48. The van der Waals surface area contributed by atoms with Crippen molar-refractivity contribution >= 4 is 0 Å². The molecule has 0 fully saturated rings. The second-order valence-corrected chi connectivity index (χ2v) is 9.92. The van der Waals surface area contributed by atoms with Crippen molar-refractivity contribution in [2.75, 3.05) is 0 Å². The van der Waals surface area contributed by atoms with Crippen LogP contribution in [-0.2, 0) is 5.41 Å². The molecule has 0 spiro atoms. The second-order valence-electron chi connectivity index (χ2n) is 9.92. The number of aromatic amines is 1. The summed E-state index contributed by atoms with van der Waals surface area (Å²) in [6, 6.07) is 7.36. The van der Waals surface area contributed by atoms with E-state index >= 15 is 0 Å². The molecule has 36 heavy (non-hydrogen) atoms. The molecule has 0 saturated carbocycles. The highest BCUT2D eigenvalue weighted by Crippen LogP contribution is 2.61. The minimum Gasteiger partial charge on any atom is -0.385 e. The smallest absolute Gasteiger partial charge is 0.219 e. The number of benzene rings is 1. The number of hydrogen-bond donors (Lipinski definition) is 2. The van der Waals surface area contributed by atoms with Crippen LogP contribution in [0.3, 0.4) is 0 Å². The van der Waals surface area contributed by atoms with E-state index in [9.17, 15) is 13.9 Å². The number of rotatable bonds is 5. The lowest BCUT2D eigenvalue weighted by Gasteiger charge is -2.41. The van der Waals surface area contributed by atoms with Gasteiger partial charge in [0.05, 0.1) is 28.1 Å². The first-order valence-corrected chi connectivity index (χ1v) is 11.9. The van der Waals surface area contributed by atoms with Gasteiger partial charge in [0.15, 0.2) is 11.6 Å². The third kappa shape index (κ3) is 3.42. The van der Waals surface area contributed by atoms with Gasteiger partial charge in [-0.25, -0.2) is 23.7 Å². The summed E-state index contributed by atoms with van der Waals surface area (Å²) >= 11 is 0. The Bertz CT molecular complexity index is 1430. The van der Waals surface area contributed by atoms with Gasteiger partial charge in [0.25, 0.3) is 0 Å². The fourth-order valence-corrected chi connectivity index (χ4v) is 5.46. The Morgan fingerprint density at radius 3 is 2.42 bits per heavy atom. The highest BCUT2D eigenvalue weighted by atomic mass is 19.1. The molecule has 0 aliphatic heterocycles. The number of hydrogen-bond acceptors (Lipinski definition) is 7. The molecule has 0 radical (unpaired) electrons. The monoisotopic (exact) mass is 491 g/mol. The van der Waals surface area contributed by atoms with E-state index in [0.717, 1.165) is 12.0 Å². The maximum atomic E-state index is 14.5. The van der Waals surface area contributed by atoms with E-state index in [2.05, 4.69) is 58.1 Å². The first-order chi connectivity index (χ1) is 17.1. The van der Waals surface area contributed by atoms with Crippen LogP contribution in [-0.4, -0.2) is 40.5 Å². The van der Waals surface area contributed by atoms with Crippen LogP contribution in [0.5, 0.6) is 0 Å². The maximum absolute atomic E-state index is 14.5. The molecule has 1 aliphatic carbocycles. The van der Waals surface area contributed by atoms with E-state index < -0.39 is 23.2 Å². The number of aromatic nitrogens is 7. The normalized spacial score (nSPS) is 21.4. The van der Waals surface area contributed by atoms with E-state index in [1.165, 1.54) is 18.2 Å². The van der Waals surface area contributed by atoms with Gasteiger partial charge in [-0.05, 0) is 61.4 Å². The quantitative estimate of drug-likeness (QED) is 0.409. The Labute approximate surface area is 207 Å². The van der Waals surface area contributed by atoms with Gasteiger partial charge >= 0.3 is 0 Å². The van der Waals surface area contributed by atoms with Gasteiger partial charge in [0.1, 0.15) is 17.7 Å². The predicted molar refractivity (Wildman–Crippen MR) is 129 cm³/mol. The van der Waals surface area contributed by atoms with Crippen LogP contribution >= 0.6 is 0 Å². The summed E-state index contributed by atoms with van der Waals surface area (Å²) in [5.74, 6) is -0.420. The molecule has 186 valence electrons.